The van der Waals surface area contributed by atoms with E-state index < -0.39 is 11.4 Å². The Morgan fingerprint density at radius 1 is 1.45 bits per heavy atom. The van der Waals surface area contributed by atoms with E-state index in [4.69, 9.17) is 4.74 Å². The third-order valence-electron chi connectivity index (χ3n) is 4.11. The van der Waals surface area contributed by atoms with Crippen molar-refractivity contribution in [1.82, 2.24) is 4.90 Å². The summed E-state index contributed by atoms with van der Waals surface area (Å²) in [6.45, 7) is 5.28. The summed E-state index contributed by atoms with van der Waals surface area (Å²) in [5.41, 5.74) is -0.934. The molecule has 5 nitrogen and oxygen atoms in total. The average molecular weight is 285 g/mol. The van der Waals surface area contributed by atoms with Gasteiger partial charge in [-0.25, -0.2) is 0 Å². The third-order valence-corrected chi connectivity index (χ3v) is 4.11. The van der Waals surface area contributed by atoms with Crippen LogP contribution in [0, 0.1) is 11.3 Å². The van der Waals surface area contributed by atoms with Crippen LogP contribution in [0.3, 0.4) is 0 Å². The van der Waals surface area contributed by atoms with E-state index in [9.17, 15) is 14.7 Å². The first kappa shape index (κ1) is 17.0. The topological polar surface area (TPSA) is 66.8 Å². The summed E-state index contributed by atoms with van der Waals surface area (Å²) >= 11 is 0. The fourth-order valence-corrected chi connectivity index (χ4v) is 3.00. The highest BCUT2D eigenvalue weighted by molar-refractivity contribution is 5.80. The zero-order chi connectivity index (χ0) is 15.2. The smallest absolute Gasteiger partial charge is 0.313 e. The van der Waals surface area contributed by atoms with Crippen LogP contribution < -0.4 is 0 Å². The molecule has 2 atom stereocenters. The van der Waals surface area contributed by atoms with E-state index in [2.05, 4.69) is 13.8 Å². The number of carbonyl (C=O) groups excluding carboxylic acids is 1. The fraction of sp³-hybridized carbons (Fsp3) is 0.867. The van der Waals surface area contributed by atoms with Gasteiger partial charge in [0.05, 0.1) is 6.61 Å². The molecule has 0 radical (unpaired) electrons. The number of methoxy groups -OCH3 is 1. The fourth-order valence-electron chi connectivity index (χ4n) is 3.00. The van der Waals surface area contributed by atoms with Crippen molar-refractivity contribution in [3.05, 3.63) is 0 Å². The van der Waals surface area contributed by atoms with Gasteiger partial charge >= 0.3 is 5.97 Å². The summed E-state index contributed by atoms with van der Waals surface area (Å²) in [5.74, 6) is -0.429. The maximum absolute atomic E-state index is 12.3. The SMILES string of the molecule is CCCC(C)CC(=O)N1CCCC(COC)(C(=O)O)C1. The monoisotopic (exact) mass is 285 g/mol. The molecule has 0 aromatic carbocycles. The van der Waals surface area contributed by atoms with Gasteiger partial charge in [0.2, 0.25) is 5.91 Å². The molecule has 0 aromatic rings. The summed E-state index contributed by atoms with van der Waals surface area (Å²) in [6, 6.07) is 0. The molecule has 1 saturated heterocycles. The van der Waals surface area contributed by atoms with Crippen LogP contribution in [-0.2, 0) is 14.3 Å². The highest BCUT2D eigenvalue weighted by Gasteiger charge is 2.43. The summed E-state index contributed by atoms with van der Waals surface area (Å²) in [7, 11) is 1.51. The first-order valence-electron chi connectivity index (χ1n) is 7.45. The molecule has 20 heavy (non-hydrogen) atoms. The minimum Gasteiger partial charge on any atom is -0.481 e. The van der Waals surface area contributed by atoms with Gasteiger partial charge < -0.3 is 14.7 Å². The third kappa shape index (κ3) is 4.20. The Kier molecular flexibility index (Phi) is 6.46. The summed E-state index contributed by atoms with van der Waals surface area (Å²) in [4.78, 5) is 25.5. The Hall–Kier alpha value is -1.10. The van der Waals surface area contributed by atoms with Crippen molar-refractivity contribution in [1.29, 1.82) is 0 Å². The van der Waals surface area contributed by atoms with E-state index in [1.54, 1.807) is 4.90 Å². The number of hydrogen-bond acceptors (Lipinski definition) is 3. The number of nitrogens with zero attached hydrogens (tertiary/aromatic N) is 1. The maximum Gasteiger partial charge on any atom is 0.313 e. The van der Waals surface area contributed by atoms with Crippen LogP contribution in [0.4, 0.5) is 0 Å². The number of carbonyl (C=O) groups is 2. The van der Waals surface area contributed by atoms with Gasteiger partial charge in [0.25, 0.3) is 0 Å². The van der Waals surface area contributed by atoms with Crippen LogP contribution in [0.15, 0.2) is 0 Å². The summed E-state index contributed by atoms with van der Waals surface area (Å²) < 4.78 is 5.07. The van der Waals surface area contributed by atoms with Gasteiger partial charge in [0, 0.05) is 26.6 Å². The minimum absolute atomic E-state index is 0.0763. The van der Waals surface area contributed by atoms with Gasteiger partial charge in [-0.05, 0) is 18.8 Å². The van der Waals surface area contributed by atoms with Crippen molar-refractivity contribution < 1.29 is 19.4 Å². The molecule has 0 bridgehead atoms. The van der Waals surface area contributed by atoms with E-state index in [1.165, 1.54) is 7.11 Å². The van der Waals surface area contributed by atoms with Gasteiger partial charge in [0.1, 0.15) is 5.41 Å². The van der Waals surface area contributed by atoms with Crippen LogP contribution in [0.2, 0.25) is 0 Å². The van der Waals surface area contributed by atoms with E-state index in [-0.39, 0.29) is 19.1 Å². The number of piperidine rings is 1. The second kappa shape index (κ2) is 7.62. The number of aliphatic carboxylic acids is 1. The molecule has 0 saturated carbocycles. The summed E-state index contributed by atoms with van der Waals surface area (Å²) in [6.07, 6.45) is 3.91. The predicted octanol–water partition coefficient (Wildman–Crippen LogP) is 2.15. The Bertz CT molecular complexity index is 341. The predicted molar refractivity (Wildman–Crippen MR) is 76.4 cm³/mol. The van der Waals surface area contributed by atoms with Crippen molar-refractivity contribution in [2.24, 2.45) is 11.3 Å². The number of ether oxygens (including phenoxy) is 1. The normalized spacial score (nSPS) is 24.4. The van der Waals surface area contributed by atoms with Crippen molar-refractivity contribution in [2.75, 3.05) is 26.8 Å². The van der Waals surface area contributed by atoms with Crippen molar-refractivity contribution in [2.45, 2.75) is 46.0 Å². The number of rotatable bonds is 7. The van der Waals surface area contributed by atoms with Crippen molar-refractivity contribution >= 4 is 11.9 Å². The minimum atomic E-state index is -0.934. The van der Waals surface area contributed by atoms with E-state index in [1.807, 2.05) is 0 Å². The molecule has 1 heterocycles. The van der Waals surface area contributed by atoms with Crippen LogP contribution in [-0.4, -0.2) is 48.7 Å². The van der Waals surface area contributed by atoms with Crippen LogP contribution in [0.1, 0.15) is 46.0 Å². The second-order valence-electron chi connectivity index (χ2n) is 6.04. The van der Waals surface area contributed by atoms with E-state index in [0.29, 0.717) is 25.3 Å². The number of likely N-dealkylation sites (tertiary alicyclic amines) is 1. The van der Waals surface area contributed by atoms with Crippen LogP contribution in [0.25, 0.3) is 0 Å². The number of carboxylic acid groups (broad SMARTS) is 1. The lowest BCUT2D eigenvalue weighted by Crippen LogP contribution is -2.52. The molecule has 1 fully saturated rings. The van der Waals surface area contributed by atoms with Gasteiger partial charge in [-0.3, -0.25) is 9.59 Å². The molecule has 1 rings (SSSR count). The molecule has 1 aliphatic rings. The first-order chi connectivity index (χ1) is 9.45. The lowest BCUT2D eigenvalue weighted by atomic mass is 9.80. The van der Waals surface area contributed by atoms with E-state index in [0.717, 1.165) is 19.3 Å². The zero-order valence-corrected chi connectivity index (χ0v) is 12.9. The van der Waals surface area contributed by atoms with Gasteiger partial charge in [-0.2, -0.15) is 0 Å². The average Bonchev–Trinajstić information content (AvgIpc) is 2.39. The number of hydrogen-bond donors (Lipinski definition) is 1. The van der Waals surface area contributed by atoms with Gasteiger partial charge in [-0.15, -0.1) is 0 Å². The Balaban J connectivity index is 2.67. The Labute approximate surface area is 121 Å². The lowest BCUT2D eigenvalue weighted by molar-refractivity contribution is -0.159. The number of carboxylic acids is 1. The summed E-state index contributed by atoms with van der Waals surface area (Å²) in [5, 5.41) is 9.47. The molecule has 0 aliphatic carbocycles. The van der Waals surface area contributed by atoms with Crippen molar-refractivity contribution in [3.8, 4) is 0 Å². The molecular weight excluding hydrogens is 258 g/mol. The first-order valence-corrected chi connectivity index (χ1v) is 7.45. The van der Waals surface area contributed by atoms with Crippen LogP contribution >= 0.6 is 0 Å². The number of amides is 1. The Morgan fingerprint density at radius 2 is 2.15 bits per heavy atom. The lowest BCUT2D eigenvalue weighted by Gasteiger charge is -2.39. The Morgan fingerprint density at radius 3 is 2.70 bits per heavy atom. The molecule has 1 amide bonds. The van der Waals surface area contributed by atoms with Crippen molar-refractivity contribution in [3.63, 3.8) is 0 Å². The molecule has 5 heteroatoms. The molecule has 116 valence electrons. The second-order valence-corrected chi connectivity index (χ2v) is 6.04. The maximum atomic E-state index is 12.3. The molecular formula is C15H27NO4. The van der Waals surface area contributed by atoms with Gasteiger partial charge in [0.15, 0.2) is 0 Å². The molecule has 1 aliphatic heterocycles. The largest absolute Gasteiger partial charge is 0.481 e. The van der Waals surface area contributed by atoms with Gasteiger partial charge in [-0.1, -0.05) is 26.7 Å². The quantitative estimate of drug-likeness (QED) is 0.778. The highest BCUT2D eigenvalue weighted by Crippen LogP contribution is 2.31. The standard InChI is InChI=1S/C15H27NO4/c1-4-6-12(2)9-13(17)16-8-5-7-15(10-16,11-20-3)14(18)19/h12H,4-11H2,1-3H3,(H,18,19). The molecule has 0 aromatic heterocycles. The molecule has 2 unspecified atom stereocenters. The zero-order valence-electron chi connectivity index (χ0n) is 12.9. The molecule has 1 N–H and O–H groups in total. The highest BCUT2D eigenvalue weighted by atomic mass is 16.5. The molecule has 0 spiro atoms. The van der Waals surface area contributed by atoms with E-state index >= 15 is 0 Å². The van der Waals surface area contributed by atoms with Crippen LogP contribution in [0.5, 0.6) is 0 Å².